The third-order valence-corrected chi connectivity index (χ3v) is 9.76. The van der Waals surface area contributed by atoms with Gasteiger partial charge in [-0.05, 0) is 30.7 Å². The third kappa shape index (κ3) is 5.93. The molecule has 1 amide bonds. The van der Waals surface area contributed by atoms with Gasteiger partial charge in [0.2, 0.25) is 5.13 Å². The predicted molar refractivity (Wildman–Crippen MR) is 175 cm³/mol. The van der Waals surface area contributed by atoms with E-state index in [0.717, 1.165) is 48.7 Å². The Labute approximate surface area is 273 Å². The number of carbonyl (C=O) groups excluding carboxylic acids is 1. The van der Waals surface area contributed by atoms with Crippen molar-refractivity contribution in [3.05, 3.63) is 75.9 Å². The van der Waals surface area contributed by atoms with Crippen molar-refractivity contribution in [1.82, 2.24) is 29.3 Å². The SMILES string of the molecule is CC(O)CN1CCN(c2ccc(-c3cc(Cl)c4cn(N(C(=O)Cc5ncn6c5C[C@@H](F)C6)c5nccs5)nc4c3Cl)cc2)CC1. The van der Waals surface area contributed by atoms with Gasteiger partial charge in [-0.1, -0.05) is 35.3 Å². The first kappa shape index (κ1) is 30.1. The Balaban J connectivity index is 1.16. The fourth-order valence-electron chi connectivity index (χ4n) is 6.15. The molecule has 2 aliphatic rings. The molecule has 7 rings (SSSR count). The minimum Gasteiger partial charge on any atom is -0.392 e. The zero-order valence-corrected chi connectivity index (χ0v) is 26.8. The van der Waals surface area contributed by atoms with Gasteiger partial charge in [0.05, 0.1) is 47.3 Å². The molecular formula is C31H31Cl2FN8O2S. The van der Waals surface area contributed by atoms with Crippen LogP contribution in [0.25, 0.3) is 22.0 Å². The molecule has 1 unspecified atom stereocenters. The lowest BCUT2D eigenvalue weighted by Gasteiger charge is -2.36. The van der Waals surface area contributed by atoms with E-state index in [4.69, 9.17) is 28.3 Å². The van der Waals surface area contributed by atoms with E-state index in [-0.39, 0.29) is 31.4 Å². The zero-order chi connectivity index (χ0) is 31.2. The standard InChI is InChI=1S/C31H31Cl2FN8O2S/c1-19(43)15-38-7-9-39(10-8-38)22-4-2-20(3-5-22)23-13-25(32)24-17-41(37-30(24)29(23)33)42(31-35-6-11-45-31)28(44)14-26-27-12-21(34)16-40(27)18-36-26/h2-6,11,13,17-19,21,43H,7-10,12,14-16H2,1H3/t19?,21-/m1/s1. The Morgan fingerprint density at radius 1 is 1.18 bits per heavy atom. The number of benzene rings is 2. The van der Waals surface area contributed by atoms with Gasteiger partial charge < -0.3 is 14.6 Å². The number of β-amino-alcohol motifs (C(OH)–C–C–N with tert-alkyl or cyclic N) is 1. The Bertz CT molecular complexity index is 1830. The maximum absolute atomic E-state index is 14.0. The highest BCUT2D eigenvalue weighted by atomic mass is 35.5. The van der Waals surface area contributed by atoms with Gasteiger partial charge in [-0.3, -0.25) is 9.69 Å². The van der Waals surface area contributed by atoms with E-state index in [1.165, 1.54) is 21.1 Å². The number of rotatable bonds is 8. The van der Waals surface area contributed by atoms with Crippen molar-refractivity contribution in [2.24, 2.45) is 0 Å². The highest BCUT2D eigenvalue weighted by molar-refractivity contribution is 7.13. The number of thiazole rings is 1. The third-order valence-electron chi connectivity index (χ3n) is 8.32. The van der Waals surface area contributed by atoms with Crippen LogP contribution in [0.3, 0.4) is 0 Å². The van der Waals surface area contributed by atoms with E-state index in [0.29, 0.717) is 38.3 Å². The van der Waals surface area contributed by atoms with Gasteiger partial charge in [-0.2, -0.15) is 9.80 Å². The first-order valence-corrected chi connectivity index (χ1v) is 16.4. The van der Waals surface area contributed by atoms with E-state index in [2.05, 4.69) is 31.9 Å². The normalized spacial score (nSPS) is 17.6. The Morgan fingerprint density at radius 2 is 1.96 bits per heavy atom. The van der Waals surface area contributed by atoms with Crippen LogP contribution in [0.15, 0.2) is 54.4 Å². The van der Waals surface area contributed by atoms with Gasteiger partial charge in [0.25, 0.3) is 5.91 Å². The number of hydrogen-bond acceptors (Lipinski definition) is 8. The van der Waals surface area contributed by atoms with E-state index in [9.17, 15) is 14.3 Å². The molecule has 0 saturated carbocycles. The minimum absolute atomic E-state index is 0.0422. The smallest absolute Gasteiger partial charge is 0.255 e. The van der Waals surface area contributed by atoms with Crippen molar-refractivity contribution in [2.45, 2.75) is 38.6 Å². The van der Waals surface area contributed by atoms with E-state index < -0.39 is 6.17 Å². The molecule has 0 aliphatic carbocycles. The second-order valence-corrected chi connectivity index (χ2v) is 13.2. The highest BCUT2D eigenvalue weighted by Gasteiger charge is 2.29. The van der Waals surface area contributed by atoms with Crippen LogP contribution in [-0.2, 0) is 24.2 Å². The first-order valence-electron chi connectivity index (χ1n) is 14.8. The maximum Gasteiger partial charge on any atom is 0.255 e. The highest BCUT2D eigenvalue weighted by Crippen LogP contribution is 2.39. The van der Waals surface area contributed by atoms with Gasteiger partial charge in [0.15, 0.2) is 0 Å². The number of aliphatic hydroxyl groups excluding tert-OH is 1. The molecule has 2 atom stereocenters. The molecule has 1 fully saturated rings. The Morgan fingerprint density at radius 3 is 2.67 bits per heavy atom. The van der Waals surface area contributed by atoms with Crippen molar-refractivity contribution in [1.29, 1.82) is 0 Å². The number of piperazine rings is 1. The number of hydrogen-bond donors (Lipinski definition) is 1. The van der Waals surface area contributed by atoms with Crippen LogP contribution in [0.1, 0.15) is 18.3 Å². The van der Waals surface area contributed by atoms with Gasteiger partial charge in [-0.25, -0.2) is 14.4 Å². The number of aliphatic hydroxyl groups is 1. The van der Waals surface area contributed by atoms with Crippen LogP contribution in [-0.4, -0.2) is 85.3 Å². The monoisotopic (exact) mass is 668 g/mol. The molecule has 5 heterocycles. The average Bonchev–Trinajstić information content (AvgIpc) is 3.83. The molecule has 234 valence electrons. The maximum atomic E-state index is 14.0. The largest absolute Gasteiger partial charge is 0.392 e. The number of halogens is 3. The average molecular weight is 670 g/mol. The van der Waals surface area contributed by atoms with Gasteiger partial charge in [-0.15, -0.1) is 16.4 Å². The van der Waals surface area contributed by atoms with E-state index in [1.807, 2.05) is 25.1 Å². The van der Waals surface area contributed by atoms with Crippen molar-refractivity contribution >= 4 is 62.2 Å². The minimum atomic E-state index is -0.977. The van der Waals surface area contributed by atoms with Crippen LogP contribution >= 0.6 is 34.5 Å². The van der Waals surface area contributed by atoms with Gasteiger partial charge in [0.1, 0.15) is 11.7 Å². The molecule has 0 spiro atoms. The number of alkyl halides is 1. The Kier molecular flexibility index (Phi) is 8.25. The van der Waals surface area contributed by atoms with E-state index in [1.54, 1.807) is 28.7 Å². The molecule has 0 radical (unpaired) electrons. The lowest BCUT2D eigenvalue weighted by molar-refractivity contribution is -0.118. The van der Waals surface area contributed by atoms with Crippen LogP contribution in [0.4, 0.5) is 15.2 Å². The summed E-state index contributed by atoms with van der Waals surface area (Å²) in [6.07, 6.45) is 3.75. The number of nitrogens with zero attached hydrogens (tertiary/aromatic N) is 8. The van der Waals surface area contributed by atoms with Crippen LogP contribution < -0.4 is 9.91 Å². The lowest BCUT2D eigenvalue weighted by Crippen LogP contribution is -2.48. The molecule has 0 bridgehead atoms. The van der Waals surface area contributed by atoms with Crippen LogP contribution in [0.2, 0.25) is 10.0 Å². The summed E-state index contributed by atoms with van der Waals surface area (Å²) in [5, 5.41) is 19.4. The molecule has 2 aromatic carbocycles. The number of imidazole rings is 1. The van der Waals surface area contributed by atoms with E-state index >= 15 is 0 Å². The summed E-state index contributed by atoms with van der Waals surface area (Å²) in [6, 6.07) is 10.0. The molecule has 1 saturated heterocycles. The fraction of sp³-hybridized carbons (Fsp3) is 0.355. The lowest BCUT2D eigenvalue weighted by atomic mass is 10.0. The summed E-state index contributed by atoms with van der Waals surface area (Å²) >= 11 is 15.1. The molecule has 10 nitrogen and oxygen atoms in total. The molecule has 3 aromatic heterocycles. The zero-order valence-electron chi connectivity index (χ0n) is 24.5. The Hall–Kier alpha value is -3.55. The van der Waals surface area contributed by atoms with Gasteiger partial charge >= 0.3 is 0 Å². The summed E-state index contributed by atoms with van der Waals surface area (Å²) in [6.45, 7) is 6.32. The fourth-order valence-corrected chi connectivity index (χ4v) is 7.35. The molecule has 5 aromatic rings. The molecule has 1 N–H and O–H groups in total. The summed E-state index contributed by atoms with van der Waals surface area (Å²) in [5.41, 5.74) is 4.47. The molecule has 2 aliphatic heterocycles. The van der Waals surface area contributed by atoms with Crippen LogP contribution in [0, 0.1) is 0 Å². The predicted octanol–water partition coefficient (Wildman–Crippen LogP) is 5.10. The summed E-state index contributed by atoms with van der Waals surface area (Å²) in [7, 11) is 0. The summed E-state index contributed by atoms with van der Waals surface area (Å²) in [5.74, 6) is -0.323. The summed E-state index contributed by atoms with van der Waals surface area (Å²) in [4.78, 5) is 28.5. The number of amides is 1. The first-order chi connectivity index (χ1) is 21.7. The number of aromatic nitrogens is 5. The van der Waals surface area contributed by atoms with Crippen molar-refractivity contribution in [2.75, 3.05) is 42.6 Å². The number of carbonyl (C=O) groups is 1. The topological polar surface area (TPSA) is 95.6 Å². The molecule has 45 heavy (non-hydrogen) atoms. The van der Waals surface area contributed by atoms with Crippen molar-refractivity contribution < 1.29 is 14.3 Å². The number of fused-ring (bicyclic) bond motifs is 2. The number of anilines is 2. The quantitative estimate of drug-likeness (QED) is 0.246. The van der Waals surface area contributed by atoms with Crippen LogP contribution in [0.5, 0.6) is 0 Å². The molecular weight excluding hydrogens is 638 g/mol. The second kappa shape index (κ2) is 12.3. The molecule has 14 heteroatoms. The van der Waals surface area contributed by atoms with Crippen molar-refractivity contribution in [3.8, 4) is 11.1 Å². The second-order valence-electron chi connectivity index (χ2n) is 11.5. The summed E-state index contributed by atoms with van der Waals surface area (Å²) < 4.78 is 15.8. The van der Waals surface area contributed by atoms with Crippen molar-refractivity contribution in [3.63, 3.8) is 0 Å². The van der Waals surface area contributed by atoms with Gasteiger partial charge in [0, 0.05) is 73.1 Å².